The highest BCUT2D eigenvalue weighted by molar-refractivity contribution is 5.88. The largest absolute Gasteiger partial charge is 0.454 e. The zero-order valence-corrected chi connectivity index (χ0v) is 11.1. The van der Waals surface area contributed by atoms with Crippen LogP contribution in [0.2, 0.25) is 0 Å². The third-order valence-corrected chi connectivity index (χ3v) is 2.81. The van der Waals surface area contributed by atoms with Gasteiger partial charge >= 0.3 is 0 Å². The van der Waals surface area contributed by atoms with Crippen molar-refractivity contribution in [1.29, 1.82) is 0 Å². The summed E-state index contributed by atoms with van der Waals surface area (Å²) in [6.07, 6.45) is 6.89. The van der Waals surface area contributed by atoms with Crippen LogP contribution in [0.25, 0.3) is 0 Å². The van der Waals surface area contributed by atoms with Crippen LogP contribution in [0.5, 0.6) is 11.5 Å². The van der Waals surface area contributed by atoms with Crippen molar-refractivity contribution in [2.75, 3.05) is 6.79 Å². The molecular weight excluding hydrogens is 242 g/mol. The third kappa shape index (κ3) is 3.37. The van der Waals surface area contributed by atoms with Crippen LogP contribution in [0.4, 0.5) is 0 Å². The summed E-state index contributed by atoms with van der Waals surface area (Å²) in [7, 11) is 0. The molecule has 2 rings (SSSR count). The highest BCUT2D eigenvalue weighted by Crippen LogP contribution is 2.34. The Labute approximate surface area is 112 Å². The van der Waals surface area contributed by atoms with Crippen LogP contribution in [-0.4, -0.2) is 12.7 Å². The van der Waals surface area contributed by atoms with E-state index in [0.29, 0.717) is 0 Å². The molecule has 0 fully saturated rings. The average molecular weight is 259 g/mol. The molecule has 0 aromatic heterocycles. The molecule has 1 amide bonds. The highest BCUT2D eigenvalue weighted by Gasteiger charge is 2.16. The molecule has 1 aliphatic heterocycles. The van der Waals surface area contributed by atoms with Gasteiger partial charge in [0.1, 0.15) is 0 Å². The lowest BCUT2D eigenvalue weighted by molar-refractivity contribution is -0.117. The Bertz CT molecular complexity index is 520. The number of fused-ring (bicyclic) bond motifs is 1. The Kier molecular flexibility index (Phi) is 4.23. The molecule has 1 heterocycles. The molecule has 0 bridgehead atoms. The summed E-state index contributed by atoms with van der Waals surface area (Å²) in [5, 5.41) is 2.89. The van der Waals surface area contributed by atoms with E-state index in [1.54, 1.807) is 6.08 Å². The minimum absolute atomic E-state index is 0.0859. The van der Waals surface area contributed by atoms with E-state index in [-0.39, 0.29) is 18.7 Å². The van der Waals surface area contributed by atoms with Crippen molar-refractivity contribution in [3.8, 4) is 11.5 Å². The second-order valence-electron chi connectivity index (χ2n) is 4.23. The van der Waals surface area contributed by atoms with E-state index in [4.69, 9.17) is 9.47 Å². The number of amides is 1. The molecule has 4 heteroatoms. The Morgan fingerprint density at radius 1 is 1.32 bits per heavy atom. The molecule has 4 nitrogen and oxygen atoms in total. The van der Waals surface area contributed by atoms with Crippen molar-refractivity contribution >= 4 is 5.91 Å². The van der Waals surface area contributed by atoms with Gasteiger partial charge in [-0.25, -0.2) is 0 Å². The van der Waals surface area contributed by atoms with Crippen LogP contribution in [0, 0.1) is 0 Å². The lowest BCUT2D eigenvalue weighted by Gasteiger charge is -2.13. The second-order valence-corrected chi connectivity index (χ2v) is 4.23. The summed E-state index contributed by atoms with van der Waals surface area (Å²) in [6.45, 7) is 4.09. The van der Waals surface area contributed by atoms with E-state index >= 15 is 0 Å². The predicted octanol–water partition coefficient (Wildman–Crippen LogP) is 2.72. The fourth-order valence-corrected chi connectivity index (χ4v) is 1.78. The van der Waals surface area contributed by atoms with Crippen molar-refractivity contribution < 1.29 is 14.3 Å². The molecule has 1 N–H and O–H groups in total. The Morgan fingerprint density at radius 3 is 2.89 bits per heavy atom. The van der Waals surface area contributed by atoms with E-state index in [2.05, 4.69) is 5.32 Å². The monoisotopic (exact) mass is 259 g/mol. The van der Waals surface area contributed by atoms with Crippen molar-refractivity contribution in [2.24, 2.45) is 0 Å². The van der Waals surface area contributed by atoms with Crippen LogP contribution >= 0.6 is 0 Å². The second kappa shape index (κ2) is 6.09. The number of nitrogens with one attached hydrogen (secondary N) is 1. The number of carbonyl (C=O) groups is 1. The average Bonchev–Trinajstić information content (AvgIpc) is 2.86. The first-order valence-electron chi connectivity index (χ1n) is 6.20. The quantitative estimate of drug-likeness (QED) is 0.668. The Morgan fingerprint density at radius 2 is 2.11 bits per heavy atom. The van der Waals surface area contributed by atoms with Gasteiger partial charge in [-0.1, -0.05) is 24.3 Å². The highest BCUT2D eigenvalue weighted by atomic mass is 16.7. The predicted molar refractivity (Wildman–Crippen MR) is 73.1 cm³/mol. The lowest BCUT2D eigenvalue weighted by Crippen LogP contribution is -2.24. The number of rotatable bonds is 4. The first kappa shape index (κ1) is 13.2. The Hall–Kier alpha value is -2.23. The van der Waals surface area contributed by atoms with Gasteiger partial charge in [-0.05, 0) is 31.5 Å². The van der Waals surface area contributed by atoms with Crippen molar-refractivity contribution in [3.63, 3.8) is 0 Å². The number of hydrogen-bond donors (Lipinski definition) is 1. The topological polar surface area (TPSA) is 47.6 Å². The van der Waals surface area contributed by atoms with Gasteiger partial charge in [0.2, 0.25) is 12.7 Å². The van der Waals surface area contributed by atoms with Gasteiger partial charge < -0.3 is 14.8 Å². The summed E-state index contributed by atoms with van der Waals surface area (Å²) in [4.78, 5) is 11.6. The molecule has 1 atom stereocenters. The standard InChI is InChI=1S/C15H17NO3/c1-3-4-5-6-15(17)16-11(2)12-7-8-13-14(9-12)19-10-18-13/h3-9,11H,10H2,1-2H3,(H,16,17)/b4-3+,6-5+. The summed E-state index contributed by atoms with van der Waals surface area (Å²) in [5.74, 6) is 1.35. The van der Waals surface area contributed by atoms with E-state index in [0.717, 1.165) is 17.1 Å². The number of benzene rings is 1. The molecular formula is C15H17NO3. The summed E-state index contributed by atoms with van der Waals surface area (Å²) < 4.78 is 10.6. The van der Waals surface area contributed by atoms with Crippen molar-refractivity contribution in [2.45, 2.75) is 19.9 Å². The van der Waals surface area contributed by atoms with Gasteiger partial charge in [0.05, 0.1) is 6.04 Å². The number of allylic oxidation sites excluding steroid dienone is 3. The third-order valence-electron chi connectivity index (χ3n) is 2.81. The minimum Gasteiger partial charge on any atom is -0.454 e. The zero-order valence-electron chi connectivity index (χ0n) is 11.1. The first-order valence-corrected chi connectivity index (χ1v) is 6.20. The molecule has 0 spiro atoms. The van der Waals surface area contributed by atoms with E-state index in [1.807, 2.05) is 44.2 Å². The van der Waals surface area contributed by atoms with Crippen LogP contribution < -0.4 is 14.8 Å². The maximum absolute atomic E-state index is 11.6. The normalized spacial score (nSPS) is 15.1. The zero-order chi connectivity index (χ0) is 13.7. The molecule has 19 heavy (non-hydrogen) atoms. The van der Waals surface area contributed by atoms with Gasteiger partial charge in [-0.3, -0.25) is 4.79 Å². The Balaban J connectivity index is 2.00. The molecule has 100 valence electrons. The maximum Gasteiger partial charge on any atom is 0.244 e. The number of hydrogen-bond acceptors (Lipinski definition) is 3. The fraction of sp³-hybridized carbons (Fsp3) is 0.267. The van der Waals surface area contributed by atoms with E-state index < -0.39 is 0 Å². The summed E-state index contributed by atoms with van der Waals surface area (Å²) in [6, 6.07) is 5.59. The molecule has 1 aromatic carbocycles. The first-order chi connectivity index (χ1) is 9.20. The molecule has 0 saturated carbocycles. The van der Waals surface area contributed by atoms with Crippen molar-refractivity contribution in [1.82, 2.24) is 5.32 Å². The SMILES string of the molecule is C/C=C/C=C/C(=O)NC(C)c1ccc2c(c1)OCO2. The van der Waals surface area contributed by atoms with Gasteiger partial charge in [0, 0.05) is 6.08 Å². The minimum atomic E-state index is -0.122. The molecule has 1 unspecified atom stereocenters. The summed E-state index contributed by atoms with van der Waals surface area (Å²) in [5.41, 5.74) is 0.983. The molecule has 0 saturated heterocycles. The van der Waals surface area contributed by atoms with E-state index in [1.165, 1.54) is 6.08 Å². The lowest BCUT2D eigenvalue weighted by atomic mass is 10.1. The molecule has 0 radical (unpaired) electrons. The number of ether oxygens (including phenoxy) is 2. The molecule has 1 aliphatic rings. The molecule has 0 aliphatic carbocycles. The van der Waals surface area contributed by atoms with Crippen LogP contribution in [0.1, 0.15) is 25.5 Å². The van der Waals surface area contributed by atoms with Gasteiger partial charge in [-0.15, -0.1) is 0 Å². The van der Waals surface area contributed by atoms with Gasteiger partial charge in [0.15, 0.2) is 11.5 Å². The smallest absolute Gasteiger partial charge is 0.244 e. The van der Waals surface area contributed by atoms with Crippen LogP contribution in [0.15, 0.2) is 42.5 Å². The fourth-order valence-electron chi connectivity index (χ4n) is 1.78. The van der Waals surface area contributed by atoms with Crippen LogP contribution in [-0.2, 0) is 4.79 Å². The van der Waals surface area contributed by atoms with Crippen LogP contribution in [0.3, 0.4) is 0 Å². The summed E-state index contributed by atoms with van der Waals surface area (Å²) >= 11 is 0. The molecule has 1 aromatic rings. The van der Waals surface area contributed by atoms with Gasteiger partial charge in [-0.2, -0.15) is 0 Å². The van der Waals surface area contributed by atoms with E-state index in [9.17, 15) is 4.79 Å². The number of carbonyl (C=O) groups excluding carboxylic acids is 1. The van der Waals surface area contributed by atoms with Gasteiger partial charge in [0.25, 0.3) is 0 Å². The maximum atomic E-state index is 11.6. The van der Waals surface area contributed by atoms with Crippen molar-refractivity contribution in [3.05, 3.63) is 48.1 Å².